The molecule has 3 rings (SSSR count). The van der Waals surface area contributed by atoms with Gasteiger partial charge in [0.2, 0.25) is 0 Å². The van der Waals surface area contributed by atoms with E-state index in [-0.39, 0.29) is 6.04 Å². The summed E-state index contributed by atoms with van der Waals surface area (Å²) in [6, 6.07) is 8.34. The van der Waals surface area contributed by atoms with Crippen molar-refractivity contribution in [1.82, 2.24) is 25.0 Å². The molecule has 0 aliphatic rings. The van der Waals surface area contributed by atoms with Crippen LogP contribution in [-0.4, -0.2) is 31.0 Å². The lowest BCUT2D eigenvalue weighted by molar-refractivity contribution is 0.561. The minimum atomic E-state index is 0.252. The zero-order valence-electron chi connectivity index (χ0n) is 11.5. The van der Waals surface area contributed by atoms with Crippen molar-refractivity contribution in [2.45, 2.75) is 19.5 Å². The summed E-state index contributed by atoms with van der Waals surface area (Å²) in [4.78, 5) is 4.16. The van der Waals surface area contributed by atoms with E-state index in [0.717, 1.165) is 28.1 Å². The first-order valence-electron chi connectivity index (χ1n) is 6.61. The van der Waals surface area contributed by atoms with Crippen LogP contribution in [0.4, 0.5) is 5.69 Å². The standard InChI is InChI=1S/C14H15BrN6/c1-10(7-21-8-12(15)6-18-21)19-13-4-2-3-11(5-13)14-16-9-17-20-14/h2-6,8-10,19H,7H2,1H3,(H,16,17,20)/t10-/m1/s1. The smallest absolute Gasteiger partial charge is 0.155 e. The van der Waals surface area contributed by atoms with E-state index in [0.29, 0.717) is 0 Å². The fraction of sp³-hybridized carbons (Fsp3) is 0.214. The summed E-state index contributed by atoms with van der Waals surface area (Å²) in [5, 5.41) is 14.5. The zero-order chi connectivity index (χ0) is 14.7. The second kappa shape index (κ2) is 6.09. The summed E-state index contributed by atoms with van der Waals surface area (Å²) in [6.07, 6.45) is 5.26. The number of H-pyrrole nitrogens is 1. The van der Waals surface area contributed by atoms with Gasteiger partial charge in [-0.2, -0.15) is 10.2 Å². The molecule has 1 atom stereocenters. The zero-order valence-corrected chi connectivity index (χ0v) is 13.1. The minimum Gasteiger partial charge on any atom is -0.381 e. The molecule has 6 nitrogen and oxygen atoms in total. The van der Waals surface area contributed by atoms with Gasteiger partial charge in [-0.1, -0.05) is 12.1 Å². The average molecular weight is 347 g/mol. The van der Waals surface area contributed by atoms with Crippen LogP contribution in [0.3, 0.4) is 0 Å². The Kier molecular flexibility index (Phi) is 4.01. The van der Waals surface area contributed by atoms with E-state index in [4.69, 9.17) is 0 Å². The molecule has 108 valence electrons. The molecule has 0 saturated carbocycles. The number of aromatic nitrogens is 5. The largest absolute Gasteiger partial charge is 0.381 e. The molecule has 0 aliphatic carbocycles. The molecule has 2 N–H and O–H groups in total. The number of benzene rings is 1. The maximum atomic E-state index is 4.26. The summed E-state index contributed by atoms with van der Waals surface area (Å²) >= 11 is 3.40. The lowest BCUT2D eigenvalue weighted by Gasteiger charge is -2.15. The molecule has 1 aromatic carbocycles. The van der Waals surface area contributed by atoms with E-state index in [9.17, 15) is 0 Å². The van der Waals surface area contributed by atoms with Gasteiger partial charge in [0, 0.05) is 23.5 Å². The van der Waals surface area contributed by atoms with Crippen LogP contribution in [0.5, 0.6) is 0 Å². The normalized spacial score (nSPS) is 12.3. The van der Waals surface area contributed by atoms with Crippen molar-refractivity contribution in [1.29, 1.82) is 0 Å². The van der Waals surface area contributed by atoms with E-state index in [1.165, 1.54) is 6.33 Å². The van der Waals surface area contributed by atoms with E-state index in [2.05, 4.69) is 54.5 Å². The highest BCUT2D eigenvalue weighted by atomic mass is 79.9. The van der Waals surface area contributed by atoms with Crippen LogP contribution in [0.1, 0.15) is 6.92 Å². The second-order valence-corrected chi connectivity index (χ2v) is 5.76. The fourth-order valence-electron chi connectivity index (χ4n) is 2.15. The van der Waals surface area contributed by atoms with Crippen molar-refractivity contribution < 1.29 is 0 Å². The van der Waals surface area contributed by atoms with Gasteiger partial charge in [-0.25, -0.2) is 4.98 Å². The minimum absolute atomic E-state index is 0.252. The third-order valence-electron chi connectivity index (χ3n) is 3.03. The molecule has 0 saturated heterocycles. The van der Waals surface area contributed by atoms with Crippen LogP contribution in [-0.2, 0) is 6.54 Å². The van der Waals surface area contributed by atoms with Gasteiger partial charge in [0.05, 0.1) is 17.2 Å². The van der Waals surface area contributed by atoms with Crippen LogP contribution < -0.4 is 5.32 Å². The fourth-order valence-corrected chi connectivity index (χ4v) is 2.48. The van der Waals surface area contributed by atoms with Crippen molar-refractivity contribution in [3.05, 3.63) is 47.5 Å². The molecular weight excluding hydrogens is 332 g/mol. The third kappa shape index (κ3) is 3.49. The highest BCUT2D eigenvalue weighted by molar-refractivity contribution is 9.10. The molecule has 2 aromatic heterocycles. The Labute approximate surface area is 130 Å². The number of hydrogen-bond acceptors (Lipinski definition) is 4. The van der Waals surface area contributed by atoms with Crippen LogP contribution >= 0.6 is 15.9 Å². The SMILES string of the molecule is C[C@H](Cn1cc(Br)cn1)Nc1cccc(-c2ncn[nH]2)c1. The van der Waals surface area contributed by atoms with Gasteiger partial charge in [-0.3, -0.25) is 9.78 Å². The van der Waals surface area contributed by atoms with Gasteiger partial charge in [-0.15, -0.1) is 0 Å². The summed E-state index contributed by atoms with van der Waals surface area (Å²) in [5.74, 6) is 0.766. The molecule has 21 heavy (non-hydrogen) atoms. The quantitative estimate of drug-likeness (QED) is 0.744. The number of nitrogens with zero attached hydrogens (tertiary/aromatic N) is 4. The number of halogens is 1. The van der Waals surface area contributed by atoms with Gasteiger partial charge in [0.1, 0.15) is 6.33 Å². The Morgan fingerprint density at radius 2 is 2.33 bits per heavy atom. The Bertz CT molecular complexity index is 706. The average Bonchev–Trinajstić information content (AvgIpc) is 3.11. The first-order chi connectivity index (χ1) is 10.2. The van der Waals surface area contributed by atoms with Crippen molar-refractivity contribution in [3.63, 3.8) is 0 Å². The summed E-state index contributed by atoms with van der Waals surface area (Å²) < 4.78 is 2.89. The Morgan fingerprint density at radius 1 is 1.43 bits per heavy atom. The molecule has 2 heterocycles. The topological polar surface area (TPSA) is 71.4 Å². The summed E-state index contributed by atoms with van der Waals surface area (Å²) in [7, 11) is 0. The second-order valence-electron chi connectivity index (χ2n) is 4.84. The Balaban J connectivity index is 1.68. The molecule has 7 heteroatoms. The van der Waals surface area contributed by atoms with Crippen molar-refractivity contribution in [3.8, 4) is 11.4 Å². The first-order valence-corrected chi connectivity index (χ1v) is 7.40. The van der Waals surface area contributed by atoms with Gasteiger partial charge in [0.25, 0.3) is 0 Å². The van der Waals surface area contributed by atoms with E-state index in [1.807, 2.05) is 29.1 Å². The van der Waals surface area contributed by atoms with E-state index in [1.54, 1.807) is 6.20 Å². The molecule has 0 amide bonds. The molecule has 0 bridgehead atoms. The molecule has 0 unspecified atom stereocenters. The first kappa shape index (κ1) is 13.8. The third-order valence-corrected chi connectivity index (χ3v) is 3.44. The van der Waals surface area contributed by atoms with E-state index < -0.39 is 0 Å². The molecular formula is C14H15BrN6. The maximum Gasteiger partial charge on any atom is 0.155 e. The number of hydrogen-bond donors (Lipinski definition) is 2. The van der Waals surface area contributed by atoms with Gasteiger partial charge >= 0.3 is 0 Å². The molecule has 0 radical (unpaired) electrons. The number of rotatable bonds is 5. The predicted molar refractivity (Wildman–Crippen MR) is 84.8 cm³/mol. The van der Waals surface area contributed by atoms with Crippen LogP contribution in [0.25, 0.3) is 11.4 Å². The van der Waals surface area contributed by atoms with Crippen LogP contribution in [0, 0.1) is 0 Å². The van der Waals surface area contributed by atoms with Gasteiger partial charge < -0.3 is 5.32 Å². The highest BCUT2D eigenvalue weighted by Crippen LogP contribution is 2.19. The van der Waals surface area contributed by atoms with Gasteiger partial charge in [0.15, 0.2) is 5.82 Å². The van der Waals surface area contributed by atoms with Crippen molar-refractivity contribution >= 4 is 21.6 Å². The maximum absolute atomic E-state index is 4.26. The predicted octanol–water partition coefficient (Wildman–Crippen LogP) is 2.93. The number of aromatic amines is 1. The van der Waals surface area contributed by atoms with Crippen LogP contribution in [0.2, 0.25) is 0 Å². The van der Waals surface area contributed by atoms with Crippen LogP contribution in [0.15, 0.2) is 47.5 Å². The summed E-state index contributed by atoms with van der Waals surface area (Å²) in [5.41, 5.74) is 2.05. The number of anilines is 1. The van der Waals surface area contributed by atoms with E-state index >= 15 is 0 Å². The van der Waals surface area contributed by atoms with Gasteiger partial charge in [-0.05, 0) is 35.0 Å². The molecule has 0 aliphatic heterocycles. The lowest BCUT2D eigenvalue weighted by atomic mass is 10.2. The van der Waals surface area contributed by atoms with Crippen molar-refractivity contribution in [2.24, 2.45) is 0 Å². The highest BCUT2D eigenvalue weighted by Gasteiger charge is 2.06. The molecule has 0 spiro atoms. The lowest BCUT2D eigenvalue weighted by Crippen LogP contribution is -2.22. The van der Waals surface area contributed by atoms with Crippen molar-refractivity contribution in [2.75, 3.05) is 5.32 Å². The number of nitrogens with one attached hydrogen (secondary N) is 2. The monoisotopic (exact) mass is 346 g/mol. The molecule has 0 fully saturated rings. The summed E-state index contributed by atoms with van der Waals surface area (Å²) in [6.45, 7) is 2.91. The Hall–Kier alpha value is -2.15. The Morgan fingerprint density at radius 3 is 3.05 bits per heavy atom. The molecule has 3 aromatic rings.